The topological polar surface area (TPSA) is 91.0 Å². The average molecular weight is 558 g/mol. The first-order chi connectivity index (χ1) is 19.9. The number of carbonyl (C=O) groups excluding carboxylic acids is 2. The summed E-state index contributed by atoms with van der Waals surface area (Å²) in [6.45, 7) is 6.25. The van der Waals surface area contributed by atoms with Gasteiger partial charge in [-0.25, -0.2) is 9.37 Å². The van der Waals surface area contributed by atoms with Crippen LogP contribution in [0.25, 0.3) is 11.1 Å². The minimum atomic E-state index is -0.702. The van der Waals surface area contributed by atoms with Crippen molar-refractivity contribution in [2.45, 2.75) is 70.4 Å². The monoisotopic (exact) mass is 557 g/mol. The van der Waals surface area contributed by atoms with Gasteiger partial charge in [0.05, 0.1) is 5.69 Å². The number of H-pyrrole nitrogens is 1. The third-order valence-corrected chi connectivity index (χ3v) is 8.04. The number of likely N-dealkylation sites (tertiary alicyclic amines) is 1. The fourth-order valence-corrected chi connectivity index (χ4v) is 5.56. The van der Waals surface area contributed by atoms with Crippen molar-refractivity contribution in [3.8, 4) is 11.1 Å². The summed E-state index contributed by atoms with van der Waals surface area (Å²) in [5, 5.41) is 10.3. The van der Waals surface area contributed by atoms with Crippen molar-refractivity contribution in [3.63, 3.8) is 0 Å². The first-order valence-electron chi connectivity index (χ1n) is 14.8. The number of ketones is 1. The molecule has 1 unspecified atom stereocenters. The molecule has 0 radical (unpaired) electrons. The van der Waals surface area contributed by atoms with Crippen molar-refractivity contribution in [1.82, 2.24) is 20.1 Å². The number of piperidine rings is 1. The normalized spacial score (nSPS) is 17.3. The van der Waals surface area contributed by atoms with Crippen LogP contribution in [-0.4, -0.2) is 57.6 Å². The first kappa shape index (κ1) is 28.9. The summed E-state index contributed by atoms with van der Waals surface area (Å²) < 4.78 is 13.3. The highest BCUT2D eigenvalue weighted by Gasteiger charge is 2.27. The lowest BCUT2D eigenvalue weighted by Crippen LogP contribution is -2.34. The van der Waals surface area contributed by atoms with Crippen LogP contribution in [0, 0.1) is 5.92 Å². The summed E-state index contributed by atoms with van der Waals surface area (Å²) in [4.78, 5) is 32.3. The molecule has 0 spiro atoms. The molecule has 1 aromatic carbocycles. The second-order valence-corrected chi connectivity index (χ2v) is 11.7. The highest BCUT2D eigenvalue weighted by molar-refractivity contribution is 5.98. The van der Waals surface area contributed by atoms with Crippen molar-refractivity contribution >= 4 is 17.5 Å². The molecular weight excluding hydrogens is 517 g/mol. The summed E-state index contributed by atoms with van der Waals surface area (Å²) in [5.41, 5.74) is 5.05. The van der Waals surface area contributed by atoms with Gasteiger partial charge in [0, 0.05) is 61.4 Å². The summed E-state index contributed by atoms with van der Waals surface area (Å²) in [7, 11) is 0. The van der Waals surface area contributed by atoms with Crippen LogP contribution in [-0.2, 0) is 16.0 Å². The Labute approximate surface area is 241 Å². The smallest absolute Gasteiger partial charge is 0.249 e. The van der Waals surface area contributed by atoms with E-state index in [1.807, 2.05) is 24.3 Å². The van der Waals surface area contributed by atoms with Crippen LogP contribution in [0.15, 0.2) is 60.8 Å². The van der Waals surface area contributed by atoms with Crippen LogP contribution in [0.5, 0.6) is 0 Å². The number of pyridine rings is 1. The molecule has 2 aromatic heterocycles. The van der Waals surface area contributed by atoms with E-state index < -0.39 is 6.17 Å². The predicted molar refractivity (Wildman–Crippen MR) is 159 cm³/mol. The third-order valence-electron chi connectivity index (χ3n) is 8.04. The number of alkyl halides is 1. The van der Waals surface area contributed by atoms with Crippen molar-refractivity contribution < 1.29 is 14.0 Å². The van der Waals surface area contributed by atoms with E-state index in [0.29, 0.717) is 44.0 Å². The van der Waals surface area contributed by atoms with E-state index in [4.69, 9.17) is 0 Å². The number of amides is 1. The molecule has 216 valence electrons. The molecule has 1 saturated carbocycles. The van der Waals surface area contributed by atoms with Crippen LogP contribution >= 0.6 is 0 Å². The maximum Gasteiger partial charge on any atom is 0.249 e. The second kappa shape index (κ2) is 13.3. The number of hydrogen-bond acceptors (Lipinski definition) is 5. The number of Topliss-reactive ketones (excluding diaryl/α,β-unsaturated/α-hetero) is 1. The first-order valence-corrected chi connectivity index (χ1v) is 14.8. The zero-order chi connectivity index (χ0) is 28.8. The van der Waals surface area contributed by atoms with Crippen LogP contribution in [0.3, 0.4) is 0 Å². The van der Waals surface area contributed by atoms with Gasteiger partial charge in [-0.2, -0.15) is 5.10 Å². The molecule has 2 aliphatic rings. The minimum Gasteiger partial charge on any atom is -0.307 e. The second-order valence-electron chi connectivity index (χ2n) is 11.7. The molecule has 1 aliphatic heterocycles. The third kappa shape index (κ3) is 7.97. The molecule has 3 heterocycles. The summed E-state index contributed by atoms with van der Waals surface area (Å²) in [5.74, 6) is 1.03. The van der Waals surface area contributed by atoms with Gasteiger partial charge in [-0.1, -0.05) is 44.2 Å². The van der Waals surface area contributed by atoms with Gasteiger partial charge in [-0.05, 0) is 67.3 Å². The highest BCUT2D eigenvalue weighted by atomic mass is 19.1. The largest absolute Gasteiger partial charge is 0.307 e. The van der Waals surface area contributed by atoms with Crippen molar-refractivity contribution in [2.75, 3.05) is 25.0 Å². The van der Waals surface area contributed by atoms with E-state index in [-0.39, 0.29) is 23.5 Å². The molecule has 3 aromatic rings. The molecule has 41 heavy (non-hydrogen) atoms. The summed E-state index contributed by atoms with van der Waals surface area (Å²) in [6, 6.07) is 13.9. The number of rotatable bonds is 12. The van der Waals surface area contributed by atoms with Crippen molar-refractivity contribution in [2.24, 2.45) is 5.92 Å². The van der Waals surface area contributed by atoms with Crippen molar-refractivity contribution in [1.29, 1.82) is 0 Å². The minimum absolute atomic E-state index is 0.167. The number of nitrogens with zero attached hydrogens (tertiary/aromatic N) is 3. The summed E-state index contributed by atoms with van der Waals surface area (Å²) >= 11 is 0. The molecule has 5 rings (SSSR count). The molecule has 0 bridgehead atoms. The molecule has 2 N–H and O–H groups in total. The Hall–Kier alpha value is -3.65. The number of benzene rings is 1. The zero-order valence-corrected chi connectivity index (χ0v) is 24.0. The highest BCUT2D eigenvalue weighted by Crippen LogP contribution is 2.39. The predicted octanol–water partition coefficient (Wildman–Crippen LogP) is 6.22. The van der Waals surface area contributed by atoms with Crippen molar-refractivity contribution in [3.05, 3.63) is 77.8 Å². The Balaban J connectivity index is 1.17. The lowest BCUT2D eigenvalue weighted by molar-refractivity contribution is -0.121. The van der Waals surface area contributed by atoms with E-state index in [1.54, 1.807) is 18.3 Å². The number of aryl methyl sites for hydroxylation is 1. The van der Waals surface area contributed by atoms with E-state index >= 15 is 0 Å². The molecule has 1 aliphatic carbocycles. The molecular formula is C33H40FN5O2. The van der Waals surface area contributed by atoms with Gasteiger partial charge in [0.15, 0.2) is 0 Å². The molecule has 2 fully saturated rings. The number of nitrogens with one attached hydrogen (secondary N) is 2. The number of hydrogen-bond donors (Lipinski definition) is 2. The lowest BCUT2D eigenvalue weighted by Gasteiger charge is -2.27. The zero-order valence-electron chi connectivity index (χ0n) is 24.0. The maximum absolute atomic E-state index is 13.4. The number of anilines is 1. The van der Waals surface area contributed by atoms with E-state index in [0.717, 1.165) is 41.2 Å². The van der Waals surface area contributed by atoms with E-state index in [9.17, 15) is 14.0 Å². The Morgan fingerprint density at radius 1 is 1.10 bits per heavy atom. The van der Waals surface area contributed by atoms with Crippen LogP contribution in [0.1, 0.15) is 74.7 Å². The van der Waals surface area contributed by atoms with Gasteiger partial charge in [0.1, 0.15) is 17.8 Å². The molecule has 1 amide bonds. The quantitative estimate of drug-likeness (QED) is 0.258. The average Bonchev–Trinajstić information content (AvgIpc) is 3.71. The Bertz CT molecular complexity index is 1350. The Morgan fingerprint density at radius 2 is 1.90 bits per heavy atom. The van der Waals surface area contributed by atoms with Gasteiger partial charge >= 0.3 is 0 Å². The molecule has 1 saturated heterocycles. The number of halogens is 1. The Morgan fingerprint density at radius 3 is 2.61 bits per heavy atom. The fourth-order valence-electron chi connectivity index (χ4n) is 5.56. The van der Waals surface area contributed by atoms with Gasteiger partial charge in [-0.15, -0.1) is 0 Å². The maximum atomic E-state index is 13.4. The standard InChI is InChI=1S/C33H40FN5O2/c1-22(2)33(30(40)12-11-28-20-29(38-37-28)23-8-9-23)25-6-3-5-24(19-25)26-10-13-31(35-21-26)36-32(41)7-4-16-39-17-14-27(34)15-18-39/h3-7,10,13,19-23,27,33H,8-9,11-12,14-18H2,1-2H3,(H,37,38)(H,35,36,41)/b7-4+. The van der Waals surface area contributed by atoms with Gasteiger partial charge in [0.25, 0.3) is 0 Å². The molecule has 7 nitrogen and oxygen atoms in total. The number of aromatic nitrogens is 3. The van der Waals surface area contributed by atoms with E-state index in [1.165, 1.54) is 18.9 Å². The number of aromatic amines is 1. The fraction of sp³-hybridized carbons (Fsp3) is 0.455. The number of carbonyl (C=O) groups is 2. The van der Waals surface area contributed by atoms with Gasteiger partial charge in [0.2, 0.25) is 5.91 Å². The van der Waals surface area contributed by atoms with Crippen LogP contribution in [0.2, 0.25) is 0 Å². The molecule has 1 atom stereocenters. The molecule has 8 heteroatoms. The van der Waals surface area contributed by atoms with Gasteiger partial charge < -0.3 is 5.32 Å². The summed E-state index contributed by atoms with van der Waals surface area (Å²) in [6.07, 6.45) is 9.02. The van der Waals surface area contributed by atoms with E-state index in [2.05, 4.69) is 51.4 Å². The Kier molecular flexibility index (Phi) is 9.39. The van der Waals surface area contributed by atoms with Gasteiger partial charge in [-0.3, -0.25) is 19.6 Å². The van der Waals surface area contributed by atoms with Crippen LogP contribution in [0.4, 0.5) is 10.2 Å². The van der Waals surface area contributed by atoms with Crippen LogP contribution < -0.4 is 5.32 Å². The SMILES string of the molecule is CC(C)C(C(=O)CCc1cc(C2CC2)n[nH]1)c1cccc(-c2ccc(NC(=O)/C=C/CN3CCC(F)CC3)nc2)c1. The lowest BCUT2D eigenvalue weighted by atomic mass is 9.82.